The standard InChI is InChI=1S/C27H29N9O3/c1-4-5-14-36-25-22(26(38)31-27(36)39)29-23(30-25)21(18-10-12-20(13-11-18)28-16(2)37)15-17-6-8-19(9-7-17)24-32-33-34-35(24)3/h6-13,21H,4-5,14-15H2,1-3H3,(H,28,37)(H,29,30)(H,31,38,39). The van der Waals surface area contributed by atoms with E-state index < -0.39 is 11.2 Å². The number of amides is 1. The van der Waals surface area contributed by atoms with Crippen LogP contribution in [-0.4, -0.2) is 45.6 Å². The Balaban J connectivity index is 1.56. The number of carbonyl (C=O) groups is 1. The largest absolute Gasteiger partial charge is 0.336 e. The molecule has 0 radical (unpaired) electrons. The van der Waals surface area contributed by atoms with Gasteiger partial charge < -0.3 is 10.3 Å². The van der Waals surface area contributed by atoms with Crippen molar-refractivity contribution >= 4 is 22.8 Å². The van der Waals surface area contributed by atoms with Crippen LogP contribution in [0.3, 0.4) is 0 Å². The lowest BCUT2D eigenvalue weighted by Crippen LogP contribution is -2.30. The Hall–Kier alpha value is -4.87. The number of unbranched alkanes of at least 4 members (excludes halogenated alkanes) is 1. The van der Waals surface area contributed by atoms with Crippen LogP contribution in [0.2, 0.25) is 0 Å². The Labute approximate surface area is 223 Å². The number of tetrazole rings is 1. The van der Waals surface area contributed by atoms with Gasteiger partial charge in [-0.25, -0.2) is 14.5 Å². The van der Waals surface area contributed by atoms with Crippen molar-refractivity contribution < 1.29 is 4.79 Å². The van der Waals surface area contributed by atoms with Crippen molar-refractivity contribution in [3.63, 3.8) is 0 Å². The molecule has 5 aromatic rings. The van der Waals surface area contributed by atoms with E-state index in [4.69, 9.17) is 4.98 Å². The highest BCUT2D eigenvalue weighted by Gasteiger charge is 2.22. The summed E-state index contributed by atoms with van der Waals surface area (Å²) < 4.78 is 3.12. The monoisotopic (exact) mass is 527 g/mol. The average Bonchev–Trinajstić information content (AvgIpc) is 3.55. The Bertz CT molecular complexity index is 1730. The number of aryl methyl sites for hydroxylation is 2. The van der Waals surface area contributed by atoms with Crippen molar-refractivity contribution in [1.82, 2.24) is 39.7 Å². The van der Waals surface area contributed by atoms with E-state index in [1.165, 1.54) is 11.5 Å². The molecule has 3 N–H and O–H groups in total. The number of nitrogens with one attached hydrogen (secondary N) is 3. The van der Waals surface area contributed by atoms with Gasteiger partial charge in [-0.1, -0.05) is 49.7 Å². The minimum absolute atomic E-state index is 0.154. The van der Waals surface area contributed by atoms with Crippen LogP contribution < -0.4 is 16.6 Å². The molecule has 0 aliphatic heterocycles. The third-order valence-electron chi connectivity index (χ3n) is 6.62. The topological polar surface area (TPSA) is 156 Å². The van der Waals surface area contributed by atoms with Gasteiger partial charge in [-0.05, 0) is 46.5 Å². The Kier molecular flexibility index (Phi) is 7.17. The third kappa shape index (κ3) is 5.40. The molecule has 1 unspecified atom stereocenters. The maximum atomic E-state index is 12.7. The van der Waals surface area contributed by atoms with Crippen molar-refractivity contribution in [2.24, 2.45) is 7.05 Å². The van der Waals surface area contributed by atoms with E-state index in [0.717, 1.165) is 29.5 Å². The molecule has 200 valence electrons. The van der Waals surface area contributed by atoms with E-state index in [2.05, 4.69) is 30.8 Å². The van der Waals surface area contributed by atoms with Crippen LogP contribution in [0.4, 0.5) is 5.69 Å². The molecule has 0 spiro atoms. The van der Waals surface area contributed by atoms with Crippen LogP contribution in [-0.2, 0) is 24.8 Å². The van der Waals surface area contributed by atoms with Gasteiger partial charge in [0, 0.05) is 37.7 Å². The number of anilines is 1. The number of aromatic amines is 2. The predicted molar refractivity (Wildman–Crippen MR) is 146 cm³/mol. The number of hydrogen-bond donors (Lipinski definition) is 3. The number of benzene rings is 2. The van der Waals surface area contributed by atoms with E-state index in [9.17, 15) is 14.4 Å². The van der Waals surface area contributed by atoms with Crippen LogP contribution in [0.5, 0.6) is 0 Å². The Morgan fingerprint density at radius 3 is 2.44 bits per heavy atom. The second-order valence-electron chi connectivity index (χ2n) is 9.47. The number of carbonyl (C=O) groups excluding carboxylic acids is 1. The van der Waals surface area contributed by atoms with E-state index in [0.29, 0.717) is 35.9 Å². The molecule has 0 bridgehead atoms. The molecule has 3 heterocycles. The van der Waals surface area contributed by atoms with Crippen LogP contribution in [0.25, 0.3) is 22.6 Å². The van der Waals surface area contributed by atoms with Crippen molar-refractivity contribution in [2.75, 3.05) is 5.32 Å². The highest BCUT2D eigenvalue weighted by Crippen LogP contribution is 2.29. The summed E-state index contributed by atoms with van der Waals surface area (Å²) in [6.45, 7) is 3.96. The molecular weight excluding hydrogens is 498 g/mol. The Morgan fingerprint density at radius 1 is 1.05 bits per heavy atom. The molecule has 2 aromatic carbocycles. The molecule has 0 aliphatic rings. The number of H-pyrrole nitrogens is 2. The number of hydrogen-bond acceptors (Lipinski definition) is 7. The fraction of sp³-hybridized carbons (Fsp3) is 0.296. The summed E-state index contributed by atoms with van der Waals surface area (Å²) in [5, 5.41) is 14.4. The molecule has 0 aliphatic carbocycles. The summed E-state index contributed by atoms with van der Waals surface area (Å²) in [6.07, 6.45) is 2.24. The van der Waals surface area contributed by atoms with Crippen LogP contribution in [0, 0.1) is 0 Å². The molecule has 0 saturated carbocycles. The lowest BCUT2D eigenvalue weighted by Gasteiger charge is -2.16. The maximum absolute atomic E-state index is 12.7. The summed E-state index contributed by atoms with van der Waals surface area (Å²) in [5.74, 6) is 0.813. The van der Waals surface area contributed by atoms with E-state index in [1.54, 1.807) is 11.7 Å². The molecule has 0 fully saturated rings. The van der Waals surface area contributed by atoms with Gasteiger partial charge in [-0.15, -0.1) is 5.10 Å². The van der Waals surface area contributed by atoms with Crippen molar-refractivity contribution in [1.29, 1.82) is 0 Å². The first-order valence-corrected chi connectivity index (χ1v) is 12.8. The molecule has 12 heteroatoms. The van der Waals surface area contributed by atoms with Crippen LogP contribution in [0.15, 0.2) is 58.1 Å². The van der Waals surface area contributed by atoms with E-state index in [1.807, 2.05) is 55.5 Å². The first-order valence-electron chi connectivity index (χ1n) is 12.8. The molecular formula is C27H29N9O3. The number of imidazole rings is 1. The smallest absolute Gasteiger partial charge is 0.330 e. The van der Waals surface area contributed by atoms with Gasteiger partial charge in [0.15, 0.2) is 11.5 Å². The fourth-order valence-electron chi connectivity index (χ4n) is 4.62. The summed E-state index contributed by atoms with van der Waals surface area (Å²) in [7, 11) is 1.78. The van der Waals surface area contributed by atoms with Crippen LogP contribution in [0.1, 0.15) is 49.6 Å². The number of fused-ring (bicyclic) bond motifs is 1. The fourth-order valence-corrected chi connectivity index (χ4v) is 4.62. The summed E-state index contributed by atoms with van der Waals surface area (Å²) in [4.78, 5) is 47.2. The molecule has 3 aromatic heterocycles. The number of nitrogens with zero attached hydrogens (tertiary/aromatic N) is 6. The first kappa shape index (κ1) is 25.8. The quantitative estimate of drug-likeness (QED) is 0.266. The SMILES string of the molecule is CCCCn1c(=O)[nH]c(=O)c2[nH]c(C(Cc3ccc(-c4nnnn4C)cc3)c3ccc(NC(C)=O)cc3)nc21. The third-order valence-corrected chi connectivity index (χ3v) is 6.62. The molecule has 39 heavy (non-hydrogen) atoms. The van der Waals surface area contributed by atoms with Gasteiger partial charge >= 0.3 is 5.69 Å². The molecule has 1 atom stereocenters. The highest BCUT2D eigenvalue weighted by molar-refractivity contribution is 5.88. The molecule has 0 saturated heterocycles. The lowest BCUT2D eigenvalue weighted by atomic mass is 9.90. The van der Waals surface area contributed by atoms with E-state index >= 15 is 0 Å². The summed E-state index contributed by atoms with van der Waals surface area (Å²) in [5.41, 5.74) is 3.18. The van der Waals surface area contributed by atoms with Crippen LogP contribution >= 0.6 is 0 Å². The van der Waals surface area contributed by atoms with Gasteiger partial charge in [0.1, 0.15) is 11.3 Å². The van der Waals surface area contributed by atoms with Gasteiger partial charge in [0.2, 0.25) is 5.91 Å². The molecule has 12 nitrogen and oxygen atoms in total. The van der Waals surface area contributed by atoms with Crippen molar-refractivity contribution in [2.45, 2.75) is 45.6 Å². The summed E-state index contributed by atoms with van der Waals surface area (Å²) >= 11 is 0. The van der Waals surface area contributed by atoms with Gasteiger partial charge in [-0.3, -0.25) is 19.1 Å². The lowest BCUT2D eigenvalue weighted by molar-refractivity contribution is -0.114. The zero-order valence-electron chi connectivity index (χ0n) is 21.9. The normalized spacial score (nSPS) is 12.1. The number of rotatable bonds is 9. The zero-order chi connectivity index (χ0) is 27.5. The molecule has 1 amide bonds. The van der Waals surface area contributed by atoms with Crippen molar-refractivity contribution in [3.05, 3.63) is 86.3 Å². The van der Waals surface area contributed by atoms with E-state index in [-0.39, 0.29) is 17.3 Å². The predicted octanol–water partition coefficient (Wildman–Crippen LogP) is 2.74. The van der Waals surface area contributed by atoms with Gasteiger partial charge in [-0.2, -0.15) is 0 Å². The average molecular weight is 528 g/mol. The first-order chi connectivity index (χ1) is 18.8. The van der Waals surface area contributed by atoms with Gasteiger partial charge in [0.25, 0.3) is 5.56 Å². The van der Waals surface area contributed by atoms with Gasteiger partial charge in [0.05, 0.1) is 0 Å². The summed E-state index contributed by atoms with van der Waals surface area (Å²) in [6, 6.07) is 15.5. The minimum Gasteiger partial charge on any atom is -0.336 e. The molecule has 5 rings (SSSR count). The minimum atomic E-state index is -0.497. The second-order valence-corrected chi connectivity index (χ2v) is 9.47. The second kappa shape index (κ2) is 10.9. The highest BCUT2D eigenvalue weighted by atomic mass is 16.2. The Morgan fingerprint density at radius 2 is 1.79 bits per heavy atom. The maximum Gasteiger partial charge on any atom is 0.330 e. The zero-order valence-corrected chi connectivity index (χ0v) is 21.9. The number of aromatic nitrogens is 8. The van der Waals surface area contributed by atoms with Crippen molar-refractivity contribution in [3.8, 4) is 11.4 Å².